The highest BCUT2D eigenvalue weighted by Gasteiger charge is 2.22. The smallest absolute Gasteiger partial charge is 0.128 e. The van der Waals surface area contributed by atoms with Crippen LogP contribution >= 0.6 is 0 Å². The Morgan fingerprint density at radius 3 is 2.56 bits per heavy atom. The number of quaternary nitrogens is 1. The number of fused-ring (bicyclic) bond motifs is 1. The van der Waals surface area contributed by atoms with Gasteiger partial charge in [-0.1, -0.05) is 24.3 Å². The van der Waals surface area contributed by atoms with Gasteiger partial charge in [0.1, 0.15) is 11.8 Å². The molecule has 0 saturated carbocycles. The second kappa shape index (κ2) is 4.99. The van der Waals surface area contributed by atoms with Crippen LogP contribution in [-0.2, 0) is 0 Å². The number of piperidine rings is 1. The molecular formula is C16H20NO+. The Kier molecular flexibility index (Phi) is 3.20. The van der Waals surface area contributed by atoms with Gasteiger partial charge in [0.25, 0.3) is 0 Å². The first-order valence-electron chi connectivity index (χ1n) is 6.78. The van der Waals surface area contributed by atoms with Crippen molar-refractivity contribution in [2.24, 2.45) is 0 Å². The number of hydrogen-bond donors (Lipinski definition) is 1. The number of methoxy groups -OCH3 is 1. The van der Waals surface area contributed by atoms with Crippen LogP contribution in [0.25, 0.3) is 10.8 Å². The first-order valence-corrected chi connectivity index (χ1v) is 6.78. The third-order valence-corrected chi connectivity index (χ3v) is 3.92. The number of rotatable bonds is 2. The van der Waals surface area contributed by atoms with Crippen LogP contribution in [0, 0.1) is 0 Å². The summed E-state index contributed by atoms with van der Waals surface area (Å²) < 4.78 is 5.59. The molecule has 0 spiro atoms. The summed E-state index contributed by atoms with van der Waals surface area (Å²) in [5.74, 6) is 1.04. The van der Waals surface area contributed by atoms with Gasteiger partial charge in [-0.15, -0.1) is 0 Å². The zero-order valence-corrected chi connectivity index (χ0v) is 10.9. The fourth-order valence-corrected chi connectivity index (χ4v) is 2.93. The normalized spacial score (nSPS) is 19.9. The van der Waals surface area contributed by atoms with Crippen LogP contribution < -0.4 is 10.1 Å². The molecule has 0 unspecified atom stereocenters. The fraction of sp³-hybridized carbons (Fsp3) is 0.375. The topological polar surface area (TPSA) is 25.8 Å². The molecule has 2 aromatic carbocycles. The van der Waals surface area contributed by atoms with Gasteiger partial charge < -0.3 is 10.1 Å². The minimum Gasteiger partial charge on any atom is -0.496 e. The Balaban J connectivity index is 2.08. The Labute approximate surface area is 108 Å². The molecule has 2 heteroatoms. The first-order chi connectivity index (χ1) is 8.88. The van der Waals surface area contributed by atoms with Gasteiger partial charge in [0, 0.05) is 6.42 Å². The summed E-state index contributed by atoms with van der Waals surface area (Å²) in [4.78, 5) is 0. The maximum atomic E-state index is 5.59. The van der Waals surface area contributed by atoms with Crippen molar-refractivity contribution in [3.05, 3.63) is 42.0 Å². The zero-order valence-electron chi connectivity index (χ0n) is 10.9. The number of hydrogen-bond acceptors (Lipinski definition) is 1. The molecule has 2 nitrogen and oxygen atoms in total. The van der Waals surface area contributed by atoms with Gasteiger partial charge in [-0.3, -0.25) is 0 Å². The van der Waals surface area contributed by atoms with Gasteiger partial charge in [0.05, 0.1) is 19.2 Å². The van der Waals surface area contributed by atoms with Crippen LogP contribution in [0.15, 0.2) is 36.4 Å². The van der Waals surface area contributed by atoms with Crippen molar-refractivity contribution < 1.29 is 10.1 Å². The molecule has 0 aromatic heterocycles. The van der Waals surface area contributed by atoms with Gasteiger partial charge >= 0.3 is 0 Å². The maximum Gasteiger partial charge on any atom is 0.128 e. The summed E-state index contributed by atoms with van der Waals surface area (Å²) in [6.07, 6.45) is 3.93. The zero-order chi connectivity index (χ0) is 12.4. The predicted octanol–water partition coefficient (Wildman–Crippen LogP) is 2.64. The van der Waals surface area contributed by atoms with Crippen molar-refractivity contribution in [1.82, 2.24) is 0 Å². The van der Waals surface area contributed by atoms with E-state index in [-0.39, 0.29) is 0 Å². The lowest BCUT2D eigenvalue weighted by Crippen LogP contribution is -2.86. The van der Waals surface area contributed by atoms with E-state index >= 15 is 0 Å². The van der Waals surface area contributed by atoms with E-state index in [2.05, 4.69) is 41.7 Å². The molecule has 1 aliphatic rings. The van der Waals surface area contributed by atoms with Crippen molar-refractivity contribution in [3.8, 4) is 5.75 Å². The molecule has 1 aliphatic heterocycles. The molecule has 0 bridgehead atoms. The molecule has 0 radical (unpaired) electrons. The largest absolute Gasteiger partial charge is 0.496 e. The van der Waals surface area contributed by atoms with E-state index in [4.69, 9.17) is 4.74 Å². The second-order valence-corrected chi connectivity index (χ2v) is 5.07. The molecule has 3 rings (SSSR count). The average molecular weight is 242 g/mol. The SMILES string of the molecule is COc1cc2ccccc2cc1[C@@H]1CCCC[NH2+]1. The Morgan fingerprint density at radius 1 is 1.11 bits per heavy atom. The van der Waals surface area contributed by atoms with Gasteiger partial charge in [-0.25, -0.2) is 0 Å². The van der Waals surface area contributed by atoms with Gasteiger partial charge in [-0.05, 0) is 35.7 Å². The second-order valence-electron chi connectivity index (χ2n) is 5.07. The van der Waals surface area contributed by atoms with Gasteiger partial charge in [0.2, 0.25) is 0 Å². The molecule has 1 saturated heterocycles. The van der Waals surface area contributed by atoms with E-state index in [1.54, 1.807) is 7.11 Å². The molecule has 0 amide bonds. The highest BCUT2D eigenvalue weighted by atomic mass is 16.5. The van der Waals surface area contributed by atoms with Crippen molar-refractivity contribution in [2.75, 3.05) is 13.7 Å². The molecular weight excluding hydrogens is 222 g/mol. The third kappa shape index (κ3) is 2.08. The van der Waals surface area contributed by atoms with Crippen LogP contribution in [0.2, 0.25) is 0 Å². The monoisotopic (exact) mass is 242 g/mol. The summed E-state index contributed by atoms with van der Waals surface area (Å²) in [7, 11) is 1.77. The highest BCUT2D eigenvalue weighted by Crippen LogP contribution is 2.31. The van der Waals surface area contributed by atoms with Crippen molar-refractivity contribution >= 4 is 10.8 Å². The number of nitrogens with two attached hydrogens (primary N) is 1. The summed E-state index contributed by atoms with van der Waals surface area (Å²) in [6, 6.07) is 13.6. The highest BCUT2D eigenvalue weighted by molar-refractivity contribution is 5.85. The van der Waals surface area contributed by atoms with Gasteiger partial charge in [0.15, 0.2) is 0 Å². The van der Waals surface area contributed by atoms with E-state index in [1.165, 1.54) is 42.1 Å². The van der Waals surface area contributed by atoms with E-state index in [0.29, 0.717) is 6.04 Å². The molecule has 2 N–H and O–H groups in total. The lowest BCUT2D eigenvalue weighted by atomic mass is 9.94. The summed E-state index contributed by atoms with van der Waals surface area (Å²) in [5.41, 5.74) is 1.36. The van der Waals surface area contributed by atoms with Crippen LogP contribution in [0.3, 0.4) is 0 Å². The average Bonchev–Trinajstić information content (AvgIpc) is 2.46. The minimum absolute atomic E-state index is 0.568. The lowest BCUT2D eigenvalue weighted by molar-refractivity contribution is -0.704. The molecule has 1 fully saturated rings. The number of ether oxygens (including phenoxy) is 1. The van der Waals surface area contributed by atoms with Crippen LogP contribution in [-0.4, -0.2) is 13.7 Å². The maximum absolute atomic E-state index is 5.59. The van der Waals surface area contributed by atoms with E-state index in [1.807, 2.05) is 0 Å². The molecule has 94 valence electrons. The van der Waals surface area contributed by atoms with Crippen LogP contribution in [0.4, 0.5) is 0 Å². The fourth-order valence-electron chi connectivity index (χ4n) is 2.93. The van der Waals surface area contributed by atoms with Crippen LogP contribution in [0.1, 0.15) is 30.9 Å². The molecule has 2 aromatic rings. The predicted molar refractivity (Wildman–Crippen MR) is 73.9 cm³/mol. The standard InChI is InChI=1S/C16H19NO/c1-18-16-11-13-7-3-2-6-12(13)10-14(16)15-8-4-5-9-17-15/h2-3,6-7,10-11,15,17H,4-5,8-9H2,1H3/p+1/t15-/m0/s1. The lowest BCUT2D eigenvalue weighted by Gasteiger charge is -2.22. The molecule has 1 atom stereocenters. The molecule has 1 heterocycles. The molecule has 18 heavy (non-hydrogen) atoms. The van der Waals surface area contributed by atoms with Crippen molar-refractivity contribution in [1.29, 1.82) is 0 Å². The Bertz CT molecular complexity index is 544. The van der Waals surface area contributed by atoms with Gasteiger partial charge in [-0.2, -0.15) is 0 Å². The minimum atomic E-state index is 0.568. The molecule has 0 aliphatic carbocycles. The van der Waals surface area contributed by atoms with E-state index in [9.17, 15) is 0 Å². The first kappa shape index (κ1) is 11.5. The van der Waals surface area contributed by atoms with E-state index in [0.717, 1.165) is 5.75 Å². The summed E-state index contributed by atoms with van der Waals surface area (Å²) >= 11 is 0. The van der Waals surface area contributed by atoms with Crippen molar-refractivity contribution in [2.45, 2.75) is 25.3 Å². The third-order valence-electron chi connectivity index (χ3n) is 3.92. The van der Waals surface area contributed by atoms with Crippen LogP contribution in [0.5, 0.6) is 5.75 Å². The summed E-state index contributed by atoms with van der Waals surface area (Å²) in [6.45, 7) is 1.24. The quantitative estimate of drug-likeness (QED) is 0.860. The summed E-state index contributed by atoms with van der Waals surface area (Å²) in [5, 5.41) is 5.03. The van der Waals surface area contributed by atoms with Crippen molar-refractivity contribution in [3.63, 3.8) is 0 Å². The Morgan fingerprint density at radius 2 is 1.89 bits per heavy atom. The van der Waals surface area contributed by atoms with E-state index < -0.39 is 0 Å². The Hall–Kier alpha value is -1.54. The number of benzene rings is 2.